The summed E-state index contributed by atoms with van der Waals surface area (Å²) in [5.41, 5.74) is 0. The molecule has 0 aliphatic carbocycles. The maximum Gasteiger partial charge on any atom is 0.306 e. The van der Waals surface area contributed by atoms with Gasteiger partial charge in [0.25, 0.3) is 0 Å². The molecule has 0 spiro atoms. The third kappa shape index (κ3) is 13.7. The lowest BCUT2D eigenvalue weighted by Crippen LogP contribution is -2.19. The van der Waals surface area contributed by atoms with Gasteiger partial charge in [0, 0.05) is 24.7 Å². The highest BCUT2D eigenvalue weighted by Gasteiger charge is 2.11. The number of aliphatic hydroxyl groups is 1. The second-order valence-corrected chi connectivity index (χ2v) is 6.87. The predicted molar refractivity (Wildman–Crippen MR) is 97.0 cm³/mol. The number of hydrogen-bond acceptors (Lipinski definition) is 6. The van der Waals surface area contributed by atoms with E-state index in [1.54, 1.807) is 0 Å². The van der Waals surface area contributed by atoms with Gasteiger partial charge in [-0.15, -0.1) is 0 Å². The van der Waals surface area contributed by atoms with Gasteiger partial charge in [-0.1, -0.05) is 6.42 Å². The Labute approximate surface area is 146 Å². The van der Waals surface area contributed by atoms with Crippen molar-refractivity contribution >= 4 is 31.2 Å². The van der Waals surface area contributed by atoms with E-state index < -0.39 is 0 Å². The molecule has 0 aromatic rings. The Morgan fingerprint density at radius 1 is 1.09 bits per heavy atom. The largest absolute Gasteiger partial charge is 0.463 e. The maximum absolute atomic E-state index is 11.7. The summed E-state index contributed by atoms with van der Waals surface area (Å²) in [5, 5.41) is 9.15. The number of esters is 1. The van der Waals surface area contributed by atoms with Crippen LogP contribution in [0.1, 0.15) is 58.8 Å². The van der Waals surface area contributed by atoms with Crippen LogP contribution in [-0.2, 0) is 14.3 Å². The average molecular weight is 353 g/mol. The number of rotatable bonds is 14. The molecule has 0 bridgehead atoms. The van der Waals surface area contributed by atoms with Crippen LogP contribution in [0.2, 0.25) is 0 Å². The van der Waals surface area contributed by atoms with Crippen molar-refractivity contribution in [3.63, 3.8) is 0 Å². The molecule has 0 fully saturated rings. The van der Waals surface area contributed by atoms with Crippen molar-refractivity contribution in [2.45, 2.75) is 76.3 Å². The molecule has 0 saturated heterocycles. The van der Waals surface area contributed by atoms with Crippen LogP contribution >= 0.6 is 25.3 Å². The van der Waals surface area contributed by atoms with Crippen LogP contribution in [0.3, 0.4) is 0 Å². The Bertz CT molecular complexity index is 277. The quantitative estimate of drug-likeness (QED) is 0.255. The summed E-state index contributed by atoms with van der Waals surface area (Å²) in [4.78, 5) is 11.7. The van der Waals surface area contributed by atoms with E-state index in [0.29, 0.717) is 31.1 Å². The summed E-state index contributed by atoms with van der Waals surface area (Å²) in [6.07, 6.45) is 5.55. The Balaban J connectivity index is 3.57. The van der Waals surface area contributed by atoms with Crippen LogP contribution in [-0.4, -0.2) is 47.5 Å². The fraction of sp³-hybridized carbons (Fsp3) is 0.938. The van der Waals surface area contributed by atoms with E-state index >= 15 is 0 Å². The first-order valence-corrected chi connectivity index (χ1v) is 9.35. The van der Waals surface area contributed by atoms with Gasteiger partial charge in [0.1, 0.15) is 6.10 Å². The number of aliphatic hydroxyl groups excluding tert-OH is 1. The normalized spacial score (nSPS) is 15.3. The first-order valence-electron chi connectivity index (χ1n) is 8.20. The molecule has 6 heteroatoms. The fourth-order valence-corrected chi connectivity index (χ4v) is 2.81. The molecule has 0 amide bonds. The summed E-state index contributed by atoms with van der Waals surface area (Å²) in [5.74, 6) is 0.716. The van der Waals surface area contributed by atoms with Crippen molar-refractivity contribution in [1.29, 1.82) is 0 Å². The molecule has 3 unspecified atom stereocenters. The number of carbonyl (C=O) groups excluding carboxylic acids is 1. The maximum atomic E-state index is 11.7. The van der Waals surface area contributed by atoms with Gasteiger partial charge >= 0.3 is 5.97 Å². The standard InChI is InChI=1S/C16H32O4S2/c1-13(7-10-17)19-11-8-14(2)20-16(18)6-4-3-5-15(22)9-12-21/h13-15,17,21-22H,3-12H2,1-2H3. The third-order valence-electron chi connectivity index (χ3n) is 3.43. The van der Waals surface area contributed by atoms with Crippen molar-refractivity contribution < 1.29 is 19.4 Å². The molecule has 132 valence electrons. The van der Waals surface area contributed by atoms with Gasteiger partial charge in [0.15, 0.2) is 0 Å². The highest BCUT2D eigenvalue weighted by atomic mass is 32.1. The van der Waals surface area contributed by atoms with Crippen molar-refractivity contribution in [1.82, 2.24) is 0 Å². The zero-order chi connectivity index (χ0) is 16.8. The Morgan fingerprint density at radius 3 is 2.45 bits per heavy atom. The zero-order valence-electron chi connectivity index (χ0n) is 13.9. The molecule has 0 heterocycles. The van der Waals surface area contributed by atoms with Crippen LogP contribution in [0, 0.1) is 0 Å². The summed E-state index contributed by atoms with van der Waals surface area (Å²) in [6, 6.07) is 0. The molecule has 0 aliphatic heterocycles. The van der Waals surface area contributed by atoms with Crippen LogP contribution in [0.4, 0.5) is 0 Å². The van der Waals surface area contributed by atoms with Crippen molar-refractivity contribution in [2.75, 3.05) is 19.0 Å². The minimum atomic E-state index is -0.138. The van der Waals surface area contributed by atoms with E-state index in [1.807, 2.05) is 13.8 Å². The van der Waals surface area contributed by atoms with E-state index in [9.17, 15) is 4.79 Å². The van der Waals surface area contributed by atoms with Crippen molar-refractivity contribution in [3.8, 4) is 0 Å². The minimum Gasteiger partial charge on any atom is -0.463 e. The zero-order valence-corrected chi connectivity index (χ0v) is 15.7. The molecule has 22 heavy (non-hydrogen) atoms. The van der Waals surface area contributed by atoms with Gasteiger partial charge in [-0.25, -0.2) is 0 Å². The molecular formula is C16H32O4S2. The van der Waals surface area contributed by atoms with E-state index in [2.05, 4.69) is 25.3 Å². The summed E-state index contributed by atoms with van der Waals surface area (Å²) in [7, 11) is 0. The minimum absolute atomic E-state index is 0.0411. The molecule has 4 nitrogen and oxygen atoms in total. The Hall–Kier alpha value is 0.0900. The summed E-state index contributed by atoms with van der Waals surface area (Å²) in [6.45, 7) is 4.48. The molecule has 0 aromatic heterocycles. The predicted octanol–water partition coefficient (Wildman–Crippen LogP) is 3.27. The Morgan fingerprint density at radius 2 is 1.82 bits per heavy atom. The lowest BCUT2D eigenvalue weighted by atomic mass is 10.1. The highest BCUT2D eigenvalue weighted by Crippen LogP contribution is 2.13. The van der Waals surface area contributed by atoms with E-state index in [-0.39, 0.29) is 24.8 Å². The molecule has 0 rings (SSSR count). The van der Waals surface area contributed by atoms with Gasteiger partial charge < -0.3 is 14.6 Å². The van der Waals surface area contributed by atoms with Gasteiger partial charge in [-0.3, -0.25) is 4.79 Å². The number of carbonyl (C=O) groups is 1. The topological polar surface area (TPSA) is 55.8 Å². The molecule has 1 N–H and O–H groups in total. The van der Waals surface area contributed by atoms with Gasteiger partial charge in [-0.2, -0.15) is 25.3 Å². The van der Waals surface area contributed by atoms with Crippen LogP contribution < -0.4 is 0 Å². The SMILES string of the molecule is CC(CCO)OCCC(C)OC(=O)CCCCC(S)CCS. The second-order valence-electron chi connectivity index (χ2n) is 5.69. The number of ether oxygens (including phenoxy) is 2. The van der Waals surface area contributed by atoms with Gasteiger partial charge in [0.05, 0.1) is 12.7 Å². The molecule has 0 aromatic carbocycles. The lowest BCUT2D eigenvalue weighted by molar-refractivity contribution is -0.149. The molecule has 0 radical (unpaired) electrons. The van der Waals surface area contributed by atoms with Crippen molar-refractivity contribution in [3.05, 3.63) is 0 Å². The Kier molecular flexibility index (Phi) is 14.7. The van der Waals surface area contributed by atoms with Crippen molar-refractivity contribution in [2.24, 2.45) is 0 Å². The highest BCUT2D eigenvalue weighted by molar-refractivity contribution is 7.81. The third-order valence-corrected chi connectivity index (χ3v) is 4.20. The first kappa shape index (κ1) is 22.1. The van der Waals surface area contributed by atoms with Crippen LogP contribution in [0.25, 0.3) is 0 Å². The lowest BCUT2D eigenvalue weighted by Gasteiger charge is -2.16. The molecular weight excluding hydrogens is 320 g/mol. The van der Waals surface area contributed by atoms with Gasteiger partial charge in [-0.05, 0) is 45.3 Å². The first-order chi connectivity index (χ1) is 10.5. The van der Waals surface area contributed by atoms with E-state index in [1.165, 1.54) is 0 Å². The van der Waals surface area contributed by atoms with E-state index in [4.69, 9.17) is 14.6 Å². The second kappa shape index (κ2) is 14.7. The fourth-order valence-electron chi connectivity index (χ4n) is 1.99. The number of hydrogen-bond donors (Lipinski definition) is 3. The molecule has 0 aliphatic rings. The van der Waals surface area contributed by atoms with Gasteiger partial charge in [0.2, 0.25) is 0 Å². The summed E-state index contributed by atoms with van der Waals surface area (Å²) < 4.78 is 10.9. The number of thiol groups is 2. The van der Waals surface area contributed by atoms with E-state index in [0.717, 1.165) is 31.4 Å². The molecule has 3 atom stereocenters. The summed E-state index contributed by atoms with van der Waals surface area (Å²) >= 11 is 8.65. The molecule has 0 saturated carbocycles. The number of unbranched alkanes of at least 4 members (excludes halogenated alkanes) is 1. The van der Waals surface area contributed by atoms with Crippen LogP contribution in [0.5, 0.6) is 0 Å². The average Bonchev–Trinajstić information content (AvgIpc) is 2.44. The smallest absolute Gasteiger partial charge is 0.306 e. The van der Waals surface area contributed by atoms with Crippen LogP contribution in [0.15, 0.2) is 0 Å². The monoisotopic (exact) mass is 352 g/mol.